The normalized spacial score (nSPS) is 14.4. The summed E-state index contributed by atoms with van der Waals surface area (Å²) in [6.07, 6.45) is 0.966. The highest BCUT2D eigenvalue weighted by atomic mass is 16.5. The van der Waals surface area contributed by atoms with Gasteiger partial charge in [0.2, 0.25) is 0 Å². The van der Waals surface area contributed by atoms with Crippen LogP contribution in [0.2, 0.25) is 0 Å². The van der Waals surface area contributed by atoms with Crippen LogP contribution in [-0.2, 0) is 9.53 Å². The summed E-state index contributed by atoms with van der Waals surface area (Å²) < 4.78 is 5.29. The second-order valence-corrected chi connectivity index (χ2v) is 5.09. The second-order valence-electron chi connectivity index (χ2n) is 5.09. The van der Waals surface area contributed by atoms with Gasteiger partial charge in [0.1, 0.15) is 6.10 Å². The lowest BCUT2D eigenvalue weighted by atomic mass is 9.84. The number of hydrogen-bond acceptors (Lipinski definition) is 2. The van der Waals surface area contributed by atoms with E-state index >= 15 is 0 Å². The van der Waals surface area contributed by atoms with Gasteiger partial charge in [-0.3, -0.25) is 4.79 Å². The van der Waals surface area contributed by atoms with Crippen LogP contribution in [0.25, 0.3) is 0 Å². The van der Waals surface area contributed by atoms with Crippen LogP contribution in [-0.4, -0.2) is 12.1 Å². The van der Waals surface area contributed by atoms with Crippen LogP contribution in [0, 0.1) is 11.3 Å². The van der Waals surface area contributed by atoms with Gasteiger partial charge in [-0.1, -0.05) is 34.6 Å². The standard InChI is InChI=1S/C11H22O2/c1-8(2)7-10(11(4,5)6)13-9(3)12/h8,10H,7H2,1-6H3/t10-/m1/s1. The minimum atomic E-state index is -0.180. The number of hydrogen-bond donors (Lipinski definition) is 0. The van der Waals surface area contributed by atoms with Gasteiger partial charge < -0.3 is 4.74 Å². The number of carbonyl (C=O) groups excluding carboxylic acids is 1. The first-order chi connectivity index (χ1) is 5.73. The van der Waals surface area contributed by atoms with E-state index in [1.54, 1.807) is 0 Å². The molecule has 2 nitrogen and oxygen atoms in total. The number of carbonyl (C=O) groups is 1. The molecule has 0 aromatic heterocycles. The summed E-state index contributed by atoms with van der Waals surface area (Å²) in [4.78, 5) is 10.9. The first-order valence-corrected chi connectivity index (χ1v) is 4.90. The fourth-order valence-corrected chi connectivity index (χ4v) is 1.21. The molecule has 2 heteroatoms. The maximum atomic E-state index is 10.9. The molecule has 0 bridgehead atoms. The van der Waals surface area contributed by atoms with Crippen molar-refractivity contribution in [2.24, 2.45) is 11.3 Å². The molecule has 0 aliphatic rings. The topological polar surface area (TPSA) is 26.3 Å². The summed E-state index contributed by atoms with van der Waals surface area (Å²) in [7, 11) is 0. The van der Waals surface area contributed by atoms with Crippen molar-refractivity contribution in [2.45, 2.75) is 54.1 Å². The summed E-state index contributed by atoms with van der Waals surface area (Å²) >= 11 is 0. The van der Waals surface area contributed by atoms with Crippen LogP contribution in [0.15, 0.2) is 0 Å². The van der Waals surface area contributed by atoms with Crippen LogP contribution in [0.1, 0.15) is 48.0 Å². The molecule has 0 heterocycles. The highest BCUT2D eigenvalue weighted by molar-refractivity contribution is 5.66. The van der Waals surface area contributed by atoms with Gasteiger partial charge in [0, 0.05) is 6.92 Å². The molecular formula is C11H22O2. The minimum absolute atomic E-state index is 0.0324. The highest BCUT2D eigenvalue weighted by Gasteiger charge is 2.27. The Bertz CT molecular complexity index is 165. The largest absolute Gasteiger partial charge is 0.462 e. The molecule has 78 valence electrons. The number of rotatable bonds is 3. The monoisotopic (exact) mass is 186 g/mol. The van der Waals surface area contributed by atoms with Gasteiger partial charge >= 0.3 is 5.97 Å². The van der Waals surface area contributed by atoms with E-state index in [9.17, 15) is 4.79 Å². The second kappa shape index (κ2) is 4.64. The van der Waals surface area contributed by atoms with Crippen LogP contribution in [0.3, 0.4) is 0 Å². The number of ether oxygens (including phenoxy) is 1. The Morgan fingerprint density at radius 1 is 1.31 bits per heavy atom. The molecule has 13 heavy (non-hydrogen) atoms. The molecule has 0 N–H and O–H groups in total. The molecular weight excluding hydrogens is 164 g/mol. The first-order valence-electron chi connectivity index (χ1n) is 4.90. The average Bonchev–Trinajstić information content (AvgIpc) is 1.81. The molecule has 0 radical (unpaired) electrons. The van der Waals surface area contributed by atoms with Crippen LogP contribution >= 0.6 is 0 Å². The van der Waals surface area contributed by atoms with Crippen molar-refractivity contribution in [3.05, 3.63) is 0 Å². The van der Waals surface area contributed by atoms with Gasteiger partial charge in [-0.15, -0.1) is 0 Å². The van der Waals surface area contributed by atoms with Gasteiger partial charge in [0.25, 0.3) is 0 Å². The Kier molecular flexibility index (Phi) is 4.45. The fourth-order valence-electron chi connectivity index (χ4n) is 1.21. The highest BCUT2D eigenvalue weighted by Crippen LogP contribution is 2.27. The lowest BCUT2D eigenvalue weighted by Crippen LogP contribution is -2.32. The van der Waals surface area contributed by atoms with Crippen molar-refractivity contribution in [2.75, 3.05) is 0 Å². The SMILES string of the molecule is CC(=O)O[C@H](CC(C)C)C(C)(C)C. The lowest BCUT2D eigenvalue weighted by molar-refractivity contribution is -0.153. The zero-order chi connectivity index (χ0) is 10.6. The Balaban J connectivity index is 4.28. The van der Waals surface area contributed by atoms with Gasteiger partial charge in [-0.25, -0.2) is 0 Å². The van der Waals surface area contributed by atoms with Crippen molar-refractivity contribution in [3.63, 3.8) is 0 Å². The molecule has 0 aliphatic heterocycles. The summed E-state index contributed by atoms with van der Waals surface area (Å²) in [5, 5.41) is 0. The van der Waals surface area contributed by atoms with E-state index in [1.807, 2.05) is 0 Å². The van der Waals surface area contributed by atoms with Crippen molar-refractivity contribution in [3.8, 4) is 0 Å². The van der Waals surface area contributed by atoms with Crippen LogP contribution in [0.4, 0.5) is 0 Å². The Hall–Kier alpha value is -0.530. The molecule has 0 aromatic carbocycles. The third kappa shape index (κ3) is 5.67. The maximum absolute atomic E-state index is 10.9. The molecule has 0 fully saturated rings. The van der Waals surface area contributed by atoms with Crippen molar-refractivity contribution in [1.82, 2.24) is 0 Å². The predicted molar refractivity (Wildman–Crippen MR) is 54.5 cm³/mol. The summed E-state index contributed by atoms with van der Waals surface area (Å²) in [5.74, 6) is 0.379. The lowest BCUT2D eigenvalue weighted by Gasteiger charge is -2.31. The Morgan fingerprint density at radius 2 is 1.77 bits per heavy atom. The van der Waals surface area contributed by atoms with Crippen LogP contribution < -0.4 is 0 Å². The predicted octanol–water partition coefficient (Wildman–Crippen LogP) is 3.01. The average molecular weight is 186 g/mol. The third-order valence-electron chi connectivity index (χ3n) is 1.96. The minimum Gasteiger partial charge on any atom is -0.462 e. The maximum Gasteiger partial charge on any atom is 0.302 e. The molecule has 1 atom stereocenters. The quantitative estimate of drug-likeness (QED) is 0.633. The zero-order valence-corrected chi connectivity index (χ0v) is 9.68. The van der Waals surface area contributed by atoms with E-state index in [0.29, 0.717) is 5.92 Å². The van der Waals surface area contributed by atoms with Gasteiger partial charge in [-0.05, 0) is 17.8 Å². The molecule has 0 aromatic rings. The third-order valence-corrected chi connectivity index (χ3v) is 1.96. The smallest absolute Gasteiger partial charge is 0.302 e. The van der Waals surface area contributed by atoms with Crippen molar-refractivity contribution < 1.29 is 9.53 Å². The van der Waals surface area contributed by atoms with Gasteiger partial charge in [0.15, 0.2) is 0 Å². The molecule has 0 saturated carbocycles. The van der Waals surface area contributed by atoms with E-state index in [-0.39, 0.29) is 17.5 Å². The molecule has 0 spiro atoms. The van der Waals surface area contributed by atoms with E-state index in [0.717, 1.165) is 6.42 Å². The van der Waals surface area contributed by atoms with Crippen LogP contribution in [0.5, 0.6) is 0 Å². The van der Waals surface area contributed by atoms with Crippen molar-refractivity contribution >= 4 is 5.97 Å². The molecule has 0 amide bonds. The first kappa shape index (κ1) is 12.5. The number of esters is 1. The fraction of sp³-hybridized carbons (Fsp3) is 0.909. The van der Waals surface area contributed by atoms with E-state index < -0.39 is 0 Å². The van der Waals surface area contributed by atoms with Gasteiger partial charge in [0.05, 0.1) is 0 Å². The summed E-state index contributed by atoms with van der Waals surface area (Å²) in [5.41, 5.74) is 0.0376. The Morgan fingerprint density at radius 3 is 2.00 bits per heavy atom. The molecule has 0 aliphatic carbocycles. The van der Waals surface area contributed by atoms with E-state index in [1.165, 1.54) is 6.92 Å². The molecule has 0 saturated heterocycles. The zero-order valence-electron chi connectivity index (χ0n) is 9.68. The van der Waals surface area contributed by atoms with Crippen molar-refractivity contribution in [1.29, 1.82) is 0 Å². The Labute approximate surface area is 81.7 Å². The molecule has 0 rings (SSSR count). The summed E-state index contributed by atoms with van der Waals surface area (Å²) in [6, 6.07) is 0. The van der Waals surface area contributed by atoms with E-state index in [2.05, 4.69) is 34.6 Å². The summed E-state index contributed by atoms with van der Waals surface area (Å²) in [6.45, 7) is 12.1. The van der Waals surface area contributed by atoms with E-state index in [4.69, 9.17) is 4.74 Å². The molecule has 0 unspecified atom stereocenters. The van der Waals surface area contributed by atoms with Gasteiger partial charge in [-0.2, -0.15) is 0 Å².